The largest absolute Gasteiger partial charge is 0.330 e. The van der Waals surface area contributed by atoms with E-state index in [2.05, 4.69) is 36.3 Å². The number of carbonyl (C=O) groups excluding carboxylic acids is 1. The molecular formula is C12H22N4O. The van der Waals surface area contributed by atoms with Gasteiger partial charge in [0.25, 0.3) is 0 Å². The van der Waals surface area contributed by atoms with Crippen molar-refractivity contribution < 1.29 is 4.79 Å². The number of nitrogens with zero attached hydrogens (tertiary/aromatic N) is 1. The second kappa shape index (κ2) is 5.82. The number of anilines is 1. The lowest BCUT2D eigenvalue weighted by molar-refractivity contribution is -0.116. The van der Waals surface area contributed by atoms with Crippen molar-refractivity contribution >= 4 is 11.7 Å². The lowest BCUT2D eigenvalue weighted by atomic mass is 9.92. The van der Waals surface area contributed by atoms with E-state index in [-0.39, 0.29) is 11.3 Å². The lowest BCUT2D eigenvalue weighted by Crippen LogP contribution is -2.12. The van der Waals surface area contributed by atoms with E-state index in [4.69, 9.17) is 5.73 Å². The van der Waals surface area contributed by atoms with E-state index in [1.54, 1.807) is 0 Å². The second-order valence-electron chi connectivity index (χ2n) is 5.21. The van der Waals surface area contributed by atoms with Crippen molar-refractivity contribution in [2.75, 3.05) is 11.9 Å². The lowest BCUT2D eigenvalue weighted by Gasteiger charge is -2.14. The van der Waals surface area contributed by atoms with Gasteiger partial charge in [0.15, 0.2) is 5.82 Å². The van der Waals surface area contributed by atoms with Gasteiger partial charge in [0, 0.05) is 23.6 Å². The van der Waals surface area contributed by atoms with Crippen LogP contribution in [0.15, 0.2) is 6.07 Å². The Hall–Kier alpha value is -1.36. The van der Waals surface area contributed by atoms with E-state index in [1.165, 1.54) is 0 Å². The SMILES string of the molecule is CC(C)(C)c1cc(NC(=O)CCCCN)n[nH]1. The Morgan fingerprint density at radius 3 is 2.71 bits per heavy atom. The van der Waals surface area contributed by atoms with Crippen LogP contribution in [0.3, 0.4) is 0 Å². The summed E-state index contributed by atoms with van der Waals surface area (Å²) in [5.74, 6) is 0.582. The van der Waals surface area contributed by atoms with Crippen molar-refractivity contribution in [3.63, 3.8) is 0 Å². The minimum Gasteiger partial charge on any atom is -0.330 e. The fourth-order valence-electron chi connectivity index (χ4n) is 1.41. The Kier molecular flexibility index (Phi) is 4.69. The Balaban J connectivity index is 2.46. The predicted octanol–water partition coefficient (Wildman–Crippen LogP) is 1.77. The number of hydrogen-bond donors (Lipinski definition) is 3. The van der Waals surface area contributed by atoms with Crippen molar-refractivity contribution in [2.45, 2.75) is 45.4 Å². The first-order valence-corrected chi connectivity index (χ1v) is 5.99. The van der Waals surface area contributed by atoms with Crippen LogP contribution in [0.5, 0.6) is 0 Å². The maximum atomic E-state index is 11.5. The van der Waals surface area contributed by atoms with Gasteiger partial charge < -0.3 is 11.1 Å². The highest BCUT2D eigenvalue weighted by Gasteiger charge is 2.17. The van der Waals surface area contributed by atoms with Gasteiger partial charge in [-0.05, 0) is 19.4 Å². The molecule has 0 bridgehead atoms. The van der Waals surface area contributed by atoms with Gasteiger partial charge in [-0.3, -0.25) is 9.89 Å². The van der Waals surface area contributed by atoms with E-state index < -0.39 is 0 Å². The summed E-state index contributed by atoms with van der Waals surface area (Å²) in [6.45, 7) is 6.90. The molecule has 1 amide bonds. The zero-order valence-corrected chi connectivity index (χ0v) is 10.8. The third-order valence-corrected chi connectivity index (χ3v) is 2.51. The van der Waals surface area contributed by atoms with Gasteiger partial charge in [-0.1, -0.05) is 20.8 Å². The number of aromatic nitrogens is 2. The molecule has 4 N–H and O–H groups in total. The number of H-pyrrole nitrogens is 1. The zero-order valence-electron chi connectivity index (χ0n) is 10.8. The molecule has 0 atom stereocenters. The number of amides is 1. The highest BCUT2D eigenvalue weighted by atomic mass is 16.1. The summed E-state index contributed by atoms with van der Waals surface area (Å²) in [4.78, 5) is 11.5. The minimum atomic E-state index is -0.00888. The van der Waals surface area contributed by atoms with Crippen LogP contribution in [0.25, 0.3) is 0 Å². The van der Waals surface area contributed by atoms with Gasteiger partial charge in [0.05, 0.1) is 0 Å². The molecule has 0 unspecified atom stereocenters. The van der Waals surface area contributed by atoms with Crippen LogP contribution in [-0.2, 0) is 10.2 Å². The summed E-state index contributed by atoms with van der Waals surface area (Å²) in [5, 5.41) is 9.77. The molecule has 1 aromatic heterocycles. The Labute approximate surface area is 102 Å². The minimum absolute atomic E-state index is 0.00888. The molecular weight excluding hydrogens is 216 g/mol. The first-order valence-electron chi connectivity index (χ1n) is 5.99. The van der Waals surface area contributed by atoms with Gasteiger partial charge in [-0.15, -0.1) is 0 Å². The average Bonchev–Trinajstić information content (AvgIpc) is 2.66. The third kappa shape index (κ3) is 4.56. The number of carbonyl (C=O) groups is 1. The maximum absolute atomic E-state index is 11.5. The van der Waals surface area contributed by atoms with Crippen molar-refractivity contribution in [3.8, 4) is 0 Å². The molecule has 0 aromatic carbocycles. The molecule has 0 saturated heterocycles. The van der Waals surface area contributed by atoms with Gasteiger partial charge >= 0.3 is 0 Å². The topological polar surface area (TPSA) is 83.8 Å². The van der Waals surface area contributed by atoms with Gasteiger partial charge in [0.1, 0.15) is 0 Å². The standard InChI is InChI=1S/C12H22N4O/c1-12(2,3)9-8-10(16-15-9)14-11(17)6-4-5-7-13/h8H,4-7,13H2,1-3H3,(H2,14,15,16,17). The van der Waals surface area contributed by atoms with Gasteiger partial charge in [-0.25, -0.2) is 0 Å². The van der Waals surface area contributed by atoms with Crippen LogP contribution in [0.4, 0.5) is 5.82 Å². The fraction of sp³-hybridized carbons (Fsp3) is 0.667. The number of unbranched alkanes of at least 4 members (excludes halogenated alkanes) is 1. The maximum Gasteiger partial charge on any atom is 0.225 e. The molecule has 0 fully saturated rings. The summed E-state index contributed by atoms with van der Waals surface area (Å²) in [6.07, 6.45) is 2.19. The first kappa shape index (κ1) is 13.7. The summed E-state index contributed by atoms with van der Waals surface area (Å²) in [7, 11) is 0. The van der Waals surface area contributed by atoms with Crippen LogP contribution < -0.4 is 11.1 Å². The summed E-state index contributed by atoms with van der Waals surface area (Å²) < 4.78 is 0. The molecule has 5 heteroatoms. The Bertz CT molecular complexity index is 365. The van der Waals surface area contributed by atoms with Gasteiger partial charge in [-0.2, -0.15) is 5.10 Å². The molecule has 1 aromatic rings. The van der Waals surface area contributed by atoms with Crippen LogP contribution in [0, 0.1) is 0 Å². The monoisotopic (exact) mass is 238 g/mol. The van der Waals surface area contributed by atoms with E-state index in [0.717, 1.165) is 18.5 Å². The molecule has 1 rings (SSSR count). The van der Waals surface area contributed by atoms with Crippen LogP contribution in [0.1, 0.15) is 45.7 Å². The summed E-state index contributed by atoms with van der Waals surface area (Å²) in [6, 6.07) is 1.88. The molecule has 0 aliphatic heterocycles. The van der Waals surface area contributed by atoms with Crippen molar-refractivity contribution in [2.24, 2.45) is 5.73 Å². The quantitative estimate of drug-likeness (QED) is 0.684. The van der Waals surface area contributed by atoms with E-state index >= 15 is 0 Å². The van der Waals surface area contributed by atoms with E-state index in [0.29, 0.717) is 18.8 Å². The number of nitrogens with one attached hydrogen (secondary N) is 2. The number of hydrogen-bond acceptors (Lipinski definition) is 3. The van der Waals surface area contributed by atoms with E-state index in [1.807, 2.05) is 6.07 Å². The highest BCUT2D eigenvalue weighted by Crippen LogP contribution is 2.21. The fourth-order valence-corrected chi connectivity index (χ4v) is 1.41. The normalized spacial score (nSPS) is 11.5. The Morgan fingerprint density at radius 2 is 2.18 bits per heavy atom. The second-order valence-corrected chi connectivity index (χ2v) is 5.21. The van der Waals surface area contributed by atoms with Crippen LogP contribution >= 0.6 is 0 Å². The molecule has 0 spiro atoms. The van der Waals surface area contributed by atoms with Gasteiger partial charge in [0.2, 0.25) is 5.91 Å². The molecule has 0 radical (unpaired) electrons. The molecule has 1 heterocycles. The smallest absolute Gasteiger partial charge is 0.225 e. The number of nitrogens with two attached hydrogens (primary N) is 1. The average molecular weight is 238 g/mol. The first-order chi connectivity index (χ1) is 7.93. The Morgan fingerprint density at radius 1 is 1.47 bits per heavy atom. The zero-order chi connectivity index (χ0) is 12.9. The molecule has 5 nitrogen and oxygen atoms in total. The van der Waals surface area contributed by atoms with Crippen LogP contribution in [0.2, 0.25) is 0 Å². The van der Waals surface area contributed by atoms with E-state index in [9.17, 15) is 4.79 Å². The van der Waals surface area contributed by atoms with Crippen molar-refractivity contribution in [1.82, 2.24) is 10.2 Å². The summed E-state index contributed by atoms with van der Waals surface area (Å²) >= 11 is 0. The number of rotatable bonds is 5. The third-order valence-electron chi connectivity index (χ3n) is 2.51. The summed E-state index contributed by atoms with van der Waals surface area (Å²) in [5.41, 5.74) is 6.39. The molecule has 0 aliphatic rings. The molecule has 96 valence electrons. The van der Waals surface area contributed by atoms with Crippen molar-refractivity contribution in [3.05, 3.63) is 11.8 Å². The number of aromatic amines is 1. The molecule has 17 heavy (non-hydrogen) atoms. The predicted molar refractivity (Wildman–Crippen MR) is 68.8 cm³/mol. The van der Waals surface area contributed by atoms with Crippen LogP contribution in [-0.4, -0.2) is 22.6 Å². The van der Waals surface area contributed by atoms with Crippen molar-refractivity contribution in [1.29, 1.82) is 0 Å². The highest BCUT2D eigenvalue weighted by molar-refractivity contribution is 5.89. The molecule has 0 saturated carbocycles. The molecule has 0 aliphatic carbocycles.